The van der Waals surface area contributed by atoms with Crippen LogP contribution in [-0.4, -0.2) is 39.0 Å². The van der Waals surface area contributed by atoms with Gasteiger partial charge in [0.15, 0.2) is 0 Å². The Morgan fingerprint density at radius 3 is 2.62 bits per heavy atom. The van der Waals surface area contributed by atoms with Gasteiger partial charge < -0.3 is 9.30 Å². The molecule has 1 unspecified atom stereocenters. The highest BCUT2D eigenvalue weighted by Gasteiger charge is 2.35. The third kappa shape index (κ3) is 3.10. The van der Waals surface area contributed by atoms with Gasteiger partial charge in [-0.25, -0.2) is 0 Å². The Kier molecular flexibility index (Phi) is 5.05. The SMILES string of the molecule is COC(=O)C1CCn2c(C(=O)c3cccc(S(=O)(=O)OC)c3)cc(Br)c21. The molecule has 1 atom stereocenters. The highest BCUT2D eigenvalue weighted by Crippen LogP contribution is 2.38. The molecule has 0 saturated carbocycles. The Hall–Kier alpha value is -1.97. The maximum atomic E-state index is 12.9. The second kappa shape index (κ2) is 6.98. The Morgan fingerprint density at radius 1 is 1.23 bits per heavy atom. The van der Waals surface area contributed by atoms with Crippen LogP contribution in [0.25, 0.3) is 0 Å². The van der Waals surface area contributed by atoms with Crippen molar-refractivity contribution in [2.24, 2.45) is 0 Å². The molecule has 1 aromatic carbocycles. The van der Waals surface area contributed by atoms with Gasteiger partial charge in [-0.3, -0.25) is 13.8 Å². The second-order valence-corrected chi connectivity index (χ2v) is 8.32. The number of methoxy groups -OCH3 is 1. The largest absolute Gasteiger partial charge is 0.469 e. The average molecular weight is 442 g/mol. The standard InChI is InChI=1S/C17H16BrNO6S/c1-24-17(21)12-6-7-19-14(9-13(18)15(12)19)16(20)10-4-3-5-11(8-10)26(22,23)25-2/h3-5,8-9,12H,6-7H2,1-2H3. The summed E-state index contributed by atoms with van der Waals surface area (Å²) in [4.78, 5) is 24.8. The van der Waals surface area contributed by atoms with Gasteiger partial charge in [0.2, 0.25) is 5.78 Å². The molecule has 1 aliphatic rings. The van der Waals surface area contributed by atoms with Crippen LogP contribution in [0.4, 0.5) is 0 Å². The van der Waals surface area contributed by atoms with Crippen molar-refractivity contribution in [3.63, 3.8) is 0 Å². The fraction of sp³-hybridized carbons (Fsp3) is 0.294. The normalized spacial score (nSPS) is 16.3. The van der Waals surface area contributed by atoms with Gasteiger partial charge in [0.05, 0.1) is 30.7 Å². The van der Waals surface area contributed by atoms with Crippen LogP contribution in [0.3, 0.4) is 0 Å². The summed E-state index contributed by atoms with van der Waals surface area (Å²) < 4.78 is 35.5. The van der Waals surface area contributed by atoms with Gasteiger partial charge in [-0.2, -0.15) is 8.42 Å². The smallest absolute Gasteiger partial charge is 0.314 e. The van der Waals surface area contributed by atoms with Crippen molar-refractivity contribution in [3.8, 4) is 0 Å². The van der Waals surface area contributed by atoms with E-state index in [0.717, 1.165) is 7.11 Å². The number of fused-ring (bicyclic) bond motifs is 1. The van der Waals surface area contributed by atoms with Crippen LogP contribution in [0.1, 0.15) is 34.1 Å². The van der Waals surface area contributed by atoms with Crippen molar-refractivity contribution in [1.29, 1.82) is 0 Å². The van der Waals surface area contributed by atoms with Crippen molar-refractivity contribution in [3.05, 3.63) is 51.8 Å². The van der Waals surface area contributed by atoms with Gasteiger partial charge in [0, 0.05) is 22.3 Å². The summed E-state index contributed by atoms with van der Waals surface area (Å²) in [6.07, 6.45) is 0.541. The molecule has 2 aromatic rings. The molecule has 0 fully saturated rings. The van der Waals surface area contributed by atoms with E-state index in [4.69, 9.17) is 4.74 Å². The first-order valence-electron chi connectivity index (χ1n) is 7.72. The van der Waals surface area contributed by atoms with Crippen LogP contribution >= 0.6 is 15.9 Å². The van der Waals surface area contributed by atoms with Gasteiger partial charge in [-0.15, -0.1) is 0 Å². The van der Waals surface area contributed by atoms with E-state index in [-0.39, 0.29) is 22.2 Å². The Bertz CT molecular complexity index is 995. The third-order valence-corrected chi connectivity index (χ3v) is 6.29. The number of rotatable bonds is 5. The summed E-state index contributed by atoms with van der Waals surface area (Å²) in [6, 6.07) is 7.31. The van der Waals surface area contributed by atoms with E-state index >= 15 is 0 Å². The van der Waals surface area contributed by atoms with Crippen LogP contribution in [0.2, 0.25) is 0 Å². The number of benzene rings is 1. The van der Waals surface area contributed by atoms with Crippen LogP contribution < -0.4 is 0 Å². The highest BCUT2D eigenvalue weighted by atomic mass is 79.9. The molecule has 7 nitrogen and oxygen atoms in total. The number of ketones is 1. The highest BCUT2D eigenvalue weighted by molar-refractivity contribution is 9.10. The molecule has 2 heterocycles. The number of esters is 1. The van der Waals surface area contributed by atoms with E-state index in [2.05, 4.69) is 20.1 Å². The minimum atomic E-state index is -3.90. The maximum absolute atomic E-state index is 12.9. The molecule has 26 heavy (non-hydrogen) atoms. The second-order valence-electron chi connectivity index (χ2n) is 5.76. The summed E-state index contributed by atoms with van der Waals surface area (Å²) in [5, 5.41) is 0. The van der Waals surface area contributed by atoms with E-state index in [1.807, 2.05) is 0 Å². The van der Waals surface area contributed by atoms with Crippen molar-refractivity contribution in [2.75, 3.05) is 14.2 Å². The Labute approximate surface area is 159 Å². The third-order valence-electron chi connectivity index (χ3n) is 4.38. The van der Waals surface area contributed by atoms with Gasteiger partial charge in [0.25, 0.3) is 10.1 Å². The van der Waals surface area contributed by atoms with Gasteiger partial charge in [-0.05, 0) is 40.5 Å². The number of hydrogen-bond acceptors (Lipinski definition) is 6. The van der Waals surface area contributed by atoms with Crippen molar-refractivity contribution < 1.29 is 26.9 Å². The summed E-state index contributed by atoms with van der Waals surface area (Å²) in [5.74, 6) is -1.12. The first kappa shape index (κ1) is 18.8. The molecular formula is C17H16BrNO6S. The number of carbonyl (C=O) groups is 2. The summed E-state index contributed by atoms with van der Waals surface area (Å²) in [5.41, 5.74) is 1.29. The molecule has 0 aliphatic carbocycles. The lowest BCUT2D eigenvalue weighted by atomic mass is 10.1. The number of nitrogens with zero attached hydrogens (tertiary/aromatic N) is 1. The number of hydrogen-bond donors (Lipinski definition) is 0. The lowest BCUT2D eigenvalue weighted by Gasteiger charge is -2.08. The van der Waals surface area contributed by atoms with Crippen LogP contribution in [0.5, 0.6) is 0 Å². The number of halogens is 1. The molecule has 0 N–H and O–H groups in total. The van der Waals surface area contributed by atoms with Crippen LogP contribution in [0, 0.1) is 0 Å². The maximum Gasteiger partial charge on any atom is 0.314 e. The molecule has 9 heteroatoms. The zero-order valence-corrected chi connectivity index (χ0v) is 16.5. The first-order valence-corrected chi connectivity index (χ1v) is 9.92. The molecule has 1 aromatic heterocycles. The average Bonchev–Trinajstić information content (AvgIpc) is 3.22. The molecule has 0 bridgehead atoms. The fourth-order valence-electron chi connectivity index (χ4n) is 3.12. The number of carbonyl (C=O) groups excluding carboxylic acids is 2. The molecule has 138 valence electrons. The van der Waals surface area contributed by atoms with Gasteiger partial charge >= 0.3 is 5.97 Å². The predicted molar refractivity (Wildman–Crippen MR) is 95.6 cm³/mol. The van der Waals surface area contributed by atoms with Crippen molar-refractivity contribution in [2.45, 2.75) is 23.8 Å². The molecule has 1 aliphatic heterocycles. The van der Waals surface area contributed by atoms with Gasteiger partial charge in [-0.1, -0.05) is 12.1 Å². The predicted octanol–water partition coefficient (Wildman–Crippen LogP) is 2.48. The lowest BCUT2D eigenvalue weighted by molar-refractivity contribution is -0.142. The van der Waals surface area contributed by atoms with E-state index in [0.29, 0.717) is 28.8 Å². The molecule has 0 spiro atoms. The van der Waals surface area contributed by atoms with E-state index in [9.17, 15) is 18.0 Å². The molecule has 0 amide bonds. The lowest BCUT2D eigenvalue weighted by Crippen LogP contribution is -2.12. The van der Waals surface area contributed by atoms with E-state index < -0.39 is 16.0 Å². The summed E-state index contributed by atoms with van der Waals surface area (Å²) in [7, 11) is -1.50. The monoisotopic (exact) mass is 441 g/mol. The molecule has 0 radical (unpaired) electrons. The zero-order valence-electron chi connectivity index (χ0n) is 14.1. The quantitative estimate of drug-likeness (QED) is 0.402. The van der Waals surface area contributed by atoms with Crippen molar-refractivity contribution in [1.82, 2.24) is 4.57 Å². The minimum Gasteiger partial charge on any atom is -0.469 e. The zero-order chi connectivity index (χ0) is 19.1. The molecule has 3 rings (SSSR count). The summed E-state index contributed by atoms with van der Waals surface area (Å²) >= 11 is 3.41. The van der Waals surface area contributed by atoms with Gasteiger partial charge in [0.1, 0.15) is 0 Å². The molecular weight excluding hydrogens is 426 g/mol. The van der Waals surface area contributed by atoms with Crippen LogP contribution in [0.15, 0.2) is 39.7 Å². The van der Waals surface area contributed by atoms with Crippen molar-refractivity contribution >= 4 is 37.8 Å². The fourth-order valence-corrected chi connectivity index (χ4v) is 4.53. The Morgan fingerprint density at radius 2 is 1.96 bits per heavy atom. The molecule has 0 saturated heterocycles. The van der Waals surface area contributed by atoms with E-state index in [1.54, 1.807) is 10.6 Å². The minimum absolute atomic E-state index is 0.0921. The van der Waals surface area contributed by atoms with Crippen LogP contribution in [-0.2, 0) is 30.4 Å². The topological polar surface area (TPSA) is 91.7 Å². The Balaban J connectivity index is 2.02. The van der Waals surface area contributed by atoms with E-state index in [1.165, 1.54) is 31.4 Å². The first-order chi connectivity index (χ1) is 12.3. The summed E-state index contributed by atoms with van der Waals surface area (Å²) in [6.45, 7) is 0.498. The number of aromatic nitrogens is 1. The number of ether oxygens (including phenoxy) is 1.